The first-order valence-electron chi connectivity index (χ1n) is 4.51. The standard InChI is InChI=1S/C9H6ClF5N2O/c10-7-5(8(18)17-3-6(11)12)1-4(2-16-7)9(13,14)15/h1-2,6H,3H2,(H,17,18). The Hall–Kier alpha value is -1.44. The number of nitrogens with zero attached hydrogens (tertiary/aromatic N) is 1. The summed E-state index contributed by atoms with van der Waals surface area (Å²) in [6.07, 6.45) is -7.06. The van der Waals surface area contributed by atoms with Crippen molar-refractivity contribution in [1.82, 2.24) is 10.3 Å². The number of halogens is 6. The normalized spacial score (nSPS) is 11.7. The monoisotopic (exact) mass is 288 g/mol. The number of carbonyl (C=O) groups excluding carboxylic acids is 1. The summed E-state index contributed by atoms with van der Waals surface area (Å²) in [5, 5.41) is 1.25. The number of amides is 1. The van der Waals surface area contributed by atoms with Crippen LogP contribution in [0.4, 0.5) is 22.0 Å². The zero-order valence-corrected chi connectivity index (χ0v) is 9.32. The van der Waals surface area contributed by atoms with Gasteiger partial charge in [0, 0.05) is 6.20 Å². The van der Waals surface area contributed by atoms with Crippen molar-refractivity contribution in [2.75, 3.05) is 6.54 Å². The molecule has 0 atom stereocenters. The van der Waals surface area contributed by atoms with Crippen molar-refractivity contribution in [2.45, 2.75) is 12.6 Å². The zero-order chi connectivity index (χ0) is 13.9. The van der Waals surface area contributed by atoms with Crippen molar-refractivity contribution in [3.8, 4) is 0 Å². The van der Waals surface area contributed by atoms with E-state index in [1.54, 1.807) is 5.32 Å². The summed E-state index contributed by atoms with van der Waals surface area (Å²) < 4.78 is 60.7. The number of rotatable bonds is 3. The third-order valence-electron chi connectivity index (χ3n) is 1.83. The number of carbonyl (C=O) groups is 1. The topological polar surface area (TPSA) is 42.0 Å². The first kappa shape index (κ1) is 14.6. The number of pyridine rings is 1. The number of hydrogen-bond acceptors (Lipinski definition) is 2. The van der Waals surface area contributed by atoms with Crippen molar-refractivity contribution >= 4 is 17.5 Å². The molecular formula is C9H6ClF5N2O. The number of nitrogens with one attached hydrogen (secondary N) is 1. The van der Waals surface area contributed by atoms with E-state index in [9.17, 15) is 26.7 Å². The summed E-state index contributed by atoms with van der Waals surface area (Å²) in [5.74, 6) is -1.14. The maximum atomic E-state index is 12.3. The molecule has 18 heavy (non-hydrogen) atoms. The number of alkyl halides is 5. The van der Waals surface area contributed by atoms with E-state index in [-0.39, 0.29) is 0 Å². The molecule has 0 aromatic carbocycles. The van der Waals surface area contributed by atoms with Gasteiger partial charge in [-0.1, -0.05) is 11.6 Å². The van der Waals surface area contributed by atoms with Crippen LogP contribution in [0.5, 0.6) is 0 Å². The number of aromatic nitrogens is 1. The highest BCUT2D eigenvalue weighted by atomic mass is 35.5. The highest BCUT2D eigenvalue weighted by Crippen LogP contribution is 2.30. The summed E-state index contributed by atoms with van der Waals surface area (Å²) >= 11 is 5.43. The molecule has 1 N–H and O–H groups in total. The van der Waals surface area contributed by atoms with Gasteiger partial charge in [0.15, 0.2) is 0 Å². The van der Waals surface area contributed by atoms with Crippen LogP contribution in [0.3, 0.4) is 0 Å². The van der Waals surface area contributed by atoms with Crippen LogP contribution in [0.15, 0.2) is 12.3 Å². The molecule has 0 bridgehead atoms. The third kappa shape index (κ3) is 3.80. The fourth-order valence-electron chi connectivity index (χ4n) is 1.03. The molecule has 0 saturated carbocycles. The van der Waals surface area contributed by atoms with Crippen LogP contribution in [0.25, 0.3) is 0 Å². The largest absolute Gasteiger partial charge is 0.417 e. The van der Waals surface area contributed by atoms with Crippen LogP contribution in [-0.4, -0.2) is 23.9 Å². The predicted molar refractivity (Wildman–Crippen MR) is 52.6 cm³/mol. The molecule has 1 heterocycles. The SMILES string of the molecule is O=C(NCC(F)F)c1cc(C(F)(F)F)cnc1Cl. The van der Waals surface area contributed by atoms with Crippen molar-refractivity contribution in [3.05, 3.63) is 28.5 Å². The second-order valence-corrected chi connectivity index (χ2v) is 3.52. The van der Waals surface area contributed by atoms with Gasteiger partial charge in [-0.15, -0.1) is 0 Å². The highest BCUT2D eigenvalue weighted by molar-refractivity contribution is 6.32. The molecule has 1 aromatic rings. The molecule has 0 saturated heterocycles. The Morgan fingerprint density at radius 2 is 2.06 bits per heavy atom. The van der Waals surface area contributed by atoms with E-state index in [0.717, 1.165) is 0 Å². The van der Waals surface area contributed by atoms with E-state index in [1.165, 1.54) is 0 Å². The quantitative estimate of drug-likeness (QED) is 0.686. The Balaban J connectivity index is 2.97. The van der Waals surface area contributed by atoms with Crippen LogP contribution in [-0.2, 0) is 6.18 Å². The first-order chi connectivity index (χ1) is 8.21. The van der Waals surface area contributed by atoms with Gasteiger partial charge in [0.1, 0.15) is 5.15 Å². The summed E-state index contributed by atoms with van der Waals surface area (Å²) in [4.78, 5) is 14.5. The predicted octanol–water partition coefficient (Wildman–Crippen LogP) is 2.75. The molecular weight excluding hydrogens is 283 g/mol. The minimum absolute atomic E-state index is 0.451. The van der Waals surface area contributed by atoms with Gasteiger partial charge in [0.2, 0.25) is 0 Å². The Bertz CT molecular complexity index is 449. The Labute approximate surface area is 103 Å². The molecule has 0 aliphatic carbocycles. The second-order valence-electron chi connectivity index (χ2n) is 3.16. The molecule has 0 aliphatic rings. The van der Waals surface area contributed by atoms with E-state index in [1.807, 2.05) is 0 Å². The van der Waals surface area contributed by atoms with E-state index < -0.39 is 41.3 Å². The molecule has 1 amide bonds. The molecule has 9 heteroatoms. The van der Waals surface area contributed by atoms with Crippen molar-refractivity contribution in [2.24, 2.45) is 0 Å². The van der Waals surface area contributed by atoms with Crippen LogP contribution in [0, 0.1) is 0 Å². The zero-order valence-electron chi connectivity index (χ0n) is 8.56. The molecule has 0 unspecified atom stereocenters. The Morgan fingerprint density at radius 3 is 2.56 bits per heavy atom. The van der Waals surface area contributed by atoms with E-state index in [2.05, 4.69) is 4.98 Å². The molecule has 1 rings (SSSR count). The van der Waals surface area contributed by atoms with Gasteiger partial charge in [-0.2, -0.15) is 13.2 Å². The van der Waals surface area contributed by atoms with E-state index in [4.69, 9.17) is 11.6 Å². The van der Waals surface area contributed by atoms with Crippen molar-refractivity contribution in [3.63, 3.8) is 0 Å². The summed E-state index contributed by atoms with van der Waals surface area (Å²) in [6, 6.07) is 0.455. The molecule has 100 valence electrons. The van der Waals surface area contributed by atoms with Gasteiger partial charge >= 0.3 is 6.18 Å². The summed E-state index contributed by atoms with van der Waals surface area (Å²) in [6.45, 7) is -0.981. The highest BCUT2D eigenvalue weighted by Gasteiger charge is 2.32. The summed E-state index contributed by atoms with van der Waals surface area (Å²) in [5.41, 5.74) is -1.79. The van der Waals surface area contributed by atoms with Gasteiger partial charge in [0.25, 0.3) is 12.3 Å². The number of hydrogen-bond donors (Lipinski definition) is 1. The molecule has 3 nitrogen and oxygen atoms in total. The molecule has 0 spiro atoms. The van der Waals surface area contributed by atoms with Gasteiger partial charge in [-0.25, -0.2) is 13.8 Å². The average Bonchev–Trinajstić information content (AvgIpc) is 2.24. The Kier molecular flexibility index (Phi) is 4.44. The second kappa shape index (κ2) is 5.47. The van der Waals surface area contributed by atoms with Crippen LogP contribution in [0.1, 0.15) is 15.9 Å². The smallest absolute Gasteiger partial charge is 0.346 e. The Morgan fingerprint density at radius 1 is 1.44 bits per heavy atom. The fourth-order valence-corrected chi connectivity index (χ4v) is 1.22. The van der Waals surface area contributed by atoms with Gasteiger partial charge in [-0.3, -0.25) is 4.79 Å². The molecule has 0 aliphatic heterocycles. The average molecular weight is 289 g/mol. The molecule has 1 aromatic heterocycles. The lowest BCUT2D eigenvalue weighted by atomic mass is 10.2. The van der Waals surface area contributed by atoms with Gasteiger partial charge in [0.05, 0.1) is 17.7 Å². The van der Waals surface area contributed by atoms with E-state index >= 15 is 0 Å². The molecule has 0 radical (unpaired) electrons. The third-order valence-corrected chi connectivity index (χ3v) is 2.13. The first-order valence-corrected chi connectivity index (χ1v) is 4.88. The maximum absolute atomic E-state index is 12.3. The van der Waals surface area contributed by atoms with Crippen LogP contribution in [0.2, 0.25) is 5.15 Å². The minimum atomic E-state index is -4.70. The van der Waals surface area contributed by atoms with E-state index in [0.29, 0.717) is 12.3 Å². The van der Waals surface area contributed by atoms with Crippen LogP contribution >= 0.6 is 11.6 Å². The lowest BCUT2D eigenvalue weighted by Gasteiger charge is -2.09. The van der Waals surface area contributed by atoms with Gasteiger partial charge in [-0.05, 0) is 6.07 Å². The van der Waals surface area contributed by atoms with Crippen LogP contribution < -0.4 is 5.32 Å². The minimum Gasteiger partial charge on any atom is -0.346 e. The fraction of sp³-hybridized carbons (Fsp3) is 0.333. The molecule has 0 fully saturated rings. The maximum Gasteiger partial charge on any atom is 0.417 e. The lowest BCUT2D eigenvalue weighted by Crippen LogP contribution is -2.29. The lowest BCUT2D eigenvalue weighted by molar-refractivity contribution is -0.137. The van der Waals surface area contributed by atoms with Crippen molar-refractivity contribution < 1.29 is 26.7 Å². The van der Waals surface area contributed by atoms with Crippen molar-refractivity contribution in [1.29, 1.82) is 0 Å². The summed E-state index contributed by atoms with van der Waals surface area (Å²) in [7, 11) is 0. The van der Waals surface area contributed by atoms with Gasteiger partial charge < -0.3 is 5.32 Å².